The largest absolute Gasteiger partial charge is 0.375 e. The predicted octanol–water partition coefficient (Wildman–Crippen LogP) is 2.85. The number of nitro benzene ring substituents is 1. The highest BCUT2D eigenvalue weighted by Gasteiger charge is 2.14. The van der Waals surface area contributed by atoms with Crippen LogP contribution in [-0.2, 0) is 13.6 Å². The van der Waals surface area contributed by atoms with Gasteiger partial charge in [0.2, 0.25) is 0 Å². The van der Waals surface area contributed by atoms with Gasteiger partial charge in [-0.1, -0.05) is 0 Å². The molecule has 0 fully saturated rings. The molecule has 0 atom stereocenters. The van der Waals surface area contributed by atoms with Crippen molar-refractivity contribution in [1.82, 2.24) is 9.78 Å². The normalized spacial score (nSPS) is 10.5. The van der Waals surface area contributed by atoms with E-state index in [0.29, 0.717) is 12.2 Å². The Kier molecular flexibility index (Phi) is 4.03. The lowest BCUT2D eigenvalue weighted by Gasteiger charge is -2.07. The highest BCUT2D eigenvalue weighted by Crippen LogP contribution is 2.26. The maximum absolute atomic E-state index is 11.0. The Hall–Kier alpha value is -1.64. The van der Waals surface area contributed by atoms with Crippen molar-refractivity contribution in [2.75, 3.05) is 5.32 Å². The van der Waals surface area contributed by atoms with Gasteiger partial charge in [0.05, 0.1) is 11.1 Å². The number of hydrogen-bond acceptors (Lipinski definition) is 4. The Morgan fingerprint density at radius 1 is 1.53 bits per heavy atom. The maximum Gasteiger partial charge on any atom is 0.293 e. The van der Waals surface area contributed by atoms with E-state index in [1.807, 2.05) is 20.0 Å². The summed E-state index contributed by atoms with van der Waals surface area (Å²) in [4.78, 5) is 10.6. The molecular weight excluding hydrogens is 359 g/mol. The van der Waals surface area contributed by atoms with Gasteiger partial charge in [0.1, 0.15) is 5.69 Å². The van der Waals surface area contributed by atoms with E-state index in [2.05, 4.69) is 33.0 Å². The van der Waals surface area contributed by atoms with Gasteiger partial charge in [0.25, 0.3) is 5.69 Å². The molecular formula is C12H13IN4O2. The molecule has 19 heavy (non-hydrogen) atoms. The molecule has 0 aliphatic rings. The van der Waals surface area contributed by atoms with Crippen LogP contribution in [0.1, 0.15) is 11.3 Å². The fourth-order valence-corrected chi connectivity index (χ4v) is 2.19. The van der Waals surface area contributed by atoms with E-state index in [9.17, 15) is 10.1 Å². The summed E-state index contributed by atoms with van der Waals surface area (Å²) in [5.41, 5.74) is 2.68. The monoisotopic (exact) mass is 372 g/mol. The van der Waals surface area contributed by atoms with E-state index >= 15 is 0 Å². The molecule has 0 spiro atoms. The lowest BCUT2D eigenvalue weighted by atomic mass is 10.2. The summed E-state index contributed by atoms with van der Waals surface area (Å²) in [6, 6.07) is 5.12. The first-order chi connectivity index (χ1) is 8.99. The molecule has 2 aromatic rings. The van der Waals surface area contributed by atoms with Crippen LogP contribution in [0.5, 0.6) is 0 Å². The van der Waals surface area contributed by atoms with Gasteiger partial charge >= 0.3 is 0 Å². The number of benzene rings is 1. The molecule has 0 radical (unpaired) electrons. The molecule has 1 N–H and O–H groups in total. The minimum absolute atomic E-state index is 0.0912. The van der Waals surface area contributed by atoms with Gasteiger partial charge in [-0.15, -0.1) is 0 Å². The van der Waals surface area contributed by atoms with Crippen molar-refractivity contribution in [1.29, 1.82) is 0 Å². The number of nitrogens with one attached hydrogen (secondary N) is 1. The summed E-state index contributed by atoms with van der Waals surface area (Å²) in [7, 11) is 1.87. The van der Waals surface area contributed by atoms with Crippen LogP contribution in [0.25, 0.3) is 0 Å². The first-order valence-electron chi connectivity index (χ1n) is 5.64. The lowest BCUT2D eigenvalue weighted by molar-refractivity contribution is -0.384. The minimum Gasteiger partial charge on any atom is -0.375 e. The molecule has 0 aliphatic heterocycles. The molecule has 2 rings (SSSR count). The van der Waals surface area contributed by atoms with E-state index < -0.39 is 0 Å². The molecule has 7 heteroatoms. The standard InChI is InChI=1S/C12H13IN4O2/c1-8-9(7-15-16(8)2)6-14-11-4-3-10(13)5-12(11)17(18)19/h3-5,7,14H,6H2,1-2H3. The van der Waals surface area contributed by atoms with Crippen LogP contribution in [0.4, 0.5) is 11.4 Å². The van der Waals surface area contributed by atoms with Crippen LogP contribution in [-0.4, -0.2) is 14.7 Å². The van der Waals surface area contributed by atoms with Crippen molar-refractivity contribution in [3.05, 3.63) is 49.3 Å². The van der Waals surface area contributed by atoms with E-state index in [-0.39, 0.29) is 10.6 Å². The first kappa shape index (κ1) is 13.8. The molecule has 0 amide bonds. The third-order valence-electron chi connectivity index (χ3n) is 2.96. The van der Waals surface area contributed by atoms with Crippen LogP contribution in [0.3, 0.4) is 0 Å². The molecule has 1 heterocycles. The molecule has 0 saturated carbocycles. The number of nitrogens with zero attached hydrogens (tertiary/aromatic N) is 3. The number of halogens is 1. The maximum atomic E-state index is 11.0. The quantitative estimate of drug-likeness (QED) is 0.509. The van der Waals surface area contributed by atoms with Gasteiger partial charge in [0.15, 0.2) is 0 Å². The smallest absolute Gasteiger partial charge is 0.293 e. The van der Waals surface area contributed by atoms with Gasteiger partial charge in [-0.05, 0) is 41.6 Å². The fraction of sp³-hybridized carbons (Fsp3) is 0.250. The van der Waals surface area contributed by atoms with Gasteiger partial charge < -0.3 is 5.32 Å². The fourth-order valence-electron chi connectivity index (χ4n) is 1.71. The Labute approximate surface area is 124 Å². The number of nitro groups is 1. The number of hydrogen-bond donors (Lipinski definition) is 1. The third-order valence-corrected chi connectivity index (χ3v) is 3.63. The van der Waals surface area contributed by atoms with Crippen molar-refractivity contribution in [3.63, 3.8) is 0 Å². The predicted molar refractivity (Wildman–Crippen MR) is 81.1 cm³/mol. The summed E-state index contributed by atoms with van der Waals surface area (Å²) in [5, 5.41) is 18.2. The van der Waals surface area contributed by atoms with Crippen LogP contribution in [0.2, 0.25) is 0 Å². The number of anilines is 1. The van der Waals surface area contributed by atoms with Crippen molar-refractivity contribution in [2.45, 2.75) is 13.5 Å². The van der Waals surface area contributed by atoms with Gasteiger partial charge in [-0.2, -0.15) is 5.10 Å². The molecule has 1 aromatic heterocycles. The van der Waals surface area contributed by atoms with Gasteiger partial charge in [-0.25, -0.2) is 0 Å². The molecule has 0 saturated heterocycles. The van der Waals surface area contributed by atoms with Crippen LogP contribution in [0.15, 0.2) is 24.4 Å². The molecule has 0 bridgehead atoms. The second kappa shape index (κ2) is 5.55. The summed E-state index contributed by atoms with van der Waals surface area (Å²) < 4.78 is 2.62. The van der Waals surface area contributed by atoms with Crippen molar-refractivity contribution in [3.8, 4) is 0 Å². The Morgan fingerprint density at radius 3 is 2.84 bits per heavy atom. The average Bonchev–Trinajstić information content (AvgIpc) is 2.68. The minimum atomic E-state index is -0.374. The lowest BCUT2D eigenvalue weighted by Crippen LogP contribution is -2.04. The van der Waals surface area contributed by atoms with Gasteiger partial charge in [0, 0.05) is 34.5 Å². The summed E-state index contributed by atoms with van der Waals surface area (Å²) >= 11 is 2.06. The van der Waals surface area contributed by atoms with Gasteiger partial charge in [-0.3, -0.25) is 14.8 Å². The zero-order valence-corrected chi connectivity index (χ0v) is 12.7. The second-order valence-corrected chi connectivity index (χ2v) is 5.40. The summed E-state index contributed by atoms with van der Waals surface area (Å²) in [6.07, 6.45) is 1.76. The SMILES string of the molecule is Cc1c(CNc2ccc(I)cc2[N+](=O)[O-])cnn1C. The molecule has 6 nitrogen and oxygen atoms in total. The number of aryl methyl sites for hydroxylation is 1. The molecule has 0 aliphatic carbocycles. The molecule has 0 unspecified atom stereocenters. The summed E-state index contributed by atoms with van der Waals surface area (Å²) in [6.45, 7) is 2.48. The molecule has 1 aromatic carbocycles. The molecule has 100 valence electrons. The number of rotatable bonds is 4. The third kappa shape index (κ3) is 3.03. The van der Waals surface area contributed by atoms with Crippen LogP contribution >= 0.6 is 22.6 Å². The van der Waals surface area contributed by atoms with E-state index in [4.69, 9.17) is 0 Å². The first-order valence-corrected chi connectivity index (χ1v) is 6.72. The zero-order valence-electron chi connectivity index (χ0n) is 10.6. The van der Waals surface area contributed by atoms with E-state index in [1.54, 1.807) is 23.0 Å². The second-order valence-electron chi connectivity index (χ2n) is 4.15. The topological polar surface area (TPSA) is 73.0 Å². The Balaban J connectivity index is 2.20. The highest BCUT2D eigenvalue weighted by molar-refractivity contribution is 14.1. The van der Waals surface area contributed by atoms with E-state index in [1.165, 1.54) is 0 Å². The van der Waals surface area contributed by atoms with Crippen LogP contribution < -0.4 is 5.32 Å². The Bertz CT molecular complexity index is 624. The van der Waals surface area contributed by atoms with Crippen molar-refractivity contribution in [2.24, 2.45) is 7.05 Å². The van der Waals surface area contributed by atoms with Crippen LogP contribution in [0, 0.1) is 20.6 Å². The number of aromatic nitrogens is 2. The summed E-state index contributed by atoms with van der Waals surface area (Å²) in [5.74, 6) is 0. The van der Waals surface area contributed by atoms with Crippen molar-refractivity contribution < 1.29 is 4.92 Å². The van der Waals surface area contributed by atoms with E-state index in [0.717, 1.165) is 14.8 Å². The Morgan fingerprint density at radius 2 is 2.26 bits per heavy atom. The average molecular weight is 372 g/mol. The highest BCUT2D eigenvalue weighted by atomic mass is 127. The van der Waals surface area contributed by atoms with Crippen molar-refractivity contribution >= 4 is 34.0 Å². The zero-order chi connectivity index (χ0) is 14.0.